The standard InChI is InChI=1S/C26H30FIN6O/c1-5-24(35)32-23-14-22-19(13-20(23)26(2,3)34-10-8-33(4)9-11-34)25(30-16-29-22)31-18-6-7-21(27)17(12-18)15-28/h5-7,12-14,16H,1,8-11,15H2,2-4H3,(H,32,35)(H,29,30,31). The molecule has 1 aliphatic heterocycles. The van der Waals surface area contributed by atoms with Gasteiger partial charge in [0.05, 0.1) is 5.52 Å². The van der Waals surface area contributed by atoms with E-state index in [0.29, 0.717) is 27.0 Å². The summed E-state index contributed by atoms with van der Waals surface area (Å²) in [6.45, 7) is 11.7. The van der Waals surface area contributed by atoms with Crippen LogP contribution < -0.4 is 10.6 Å². The van der Waals surface area contributed by atoms with Gasteiger partial charge in [-0.3, -0.25) is 9.69 Å². The summed E-state index contributed by atoms with van der Waals surface area (Å²) in [5.74, 6) is 0.124. The minimum Gasteiger partial charge on any atom is -0.340 e. The number of piperazine rings is 1. The maximum Gasteiger partial charge on any atom is 0.247 e. The van der Waals surface area contributed by atoms with Gasteiger partial charge in [0, 0.05) is 52.9 Å². The predicted octanol–water partition coefficient (Wildman–Crippen LogP) is 5.05. The number of carbonyl (C=O) groups is 1. The van der Waals surface area contributed by atoms with E-state index in [-0.39, 0.29) is 17.3 Å². The minimum atomic E-state index is -0.364. The third-order valence-corrected chi connectivity index (χ3v) is 7.45. The van der Waals surface area contributed by atoms with Crippen LogP contribution in [-0.4, -0.2) is 58.9 Å². The summed E-state index contributed by atoms with van der Waals surface area (Å²) in [7, 11) is 2.13. The molecule has 1 aromatic heterocycles. The first-order valence-corrected chi connectivity index (χ1v) is 13.0. The molecule has 0 spiro atoms. The quantitative estimate of drug-likeness (QED) is 0.229. The molecule has 35 heavy (non-hydrogen) atoms. The molecule has 1 saturated heterocycles. The maximum absolute atomic E-state index is 14.0. The smallest absolute Gasteiger partial charge is 0.247 e. The number of carbonyl (C=O) groups excluding carboxylic acids is 1. The molecule has 0 atom stereocenters. The molecule has 2 aromatic carbocycles. The average Bonchev–Trinajstić information content (AvgIpc) is 2.85. The number of halogens is 2. The number of anilines is 3. The summed E-state index contributed by atoms with van der Waals surface area (Å²) in [5, 5.41) is 7.14. The summed E-state index contributed by atoms with van der Waals surface area (Å²) < 4.78 is 14.6. The first-order chi connectivity index (χ1) is 16.7. The molecule has 1 aliphatic rings. The van der Waals surface area contributed by atoms with E-state index in [1.165, 1.54) is 18.5 Å². The molecular formula is C26H30FIN6O. The lowest BCUT2D eigenvalue weighted by atomic mass is 9.88. The Morgan fingerprint density at radius 1 is 1.20 bits per heavy atom. The second kappa shape index (κ2) is 10.5. The fourth-order valence-corrected chi connectivity index (χ4v) is 5.01. The van der Waals surface area contributed by atoms with Crippen LogP contribution in [0.25, 0.3) is 10.9 Å². The lowest BCUT2D eigenvalue weighted by Crippen LogP contribution is -2.52. The van der Waals surface area contributed by atoms with Crippen molar-refractivity contribution in [1.29, 1.82) is 0 Å². The molecule has 1 amide bonds. The van der Waals surface area contributed by atoms with E-state index in [2.05, 4.69) is 86.5 Å². The van der Waals surface area contributed by atoms with E-state index >= 15 is 0 Å². The Balaban J connectivity index is 1.81. The van der Waals surface area contributed by atoms with Crippen LogP contribution >= 0.6 is 22.6 Å². The van der Waals surface area contributed by atoms with E-state index in [1.54, 1.807) is 12.1 Å². The molecule has 0 radical (unpaired) electrons. The normalized spacial score (nSPS) is 15.2. The zero-order chi connectivity index (χ0) is 25.2. The zero-order valence-electron chi connectivity index (χ0n) is 20.2. The van der Waals surface area contributed by atoms with Crippen molar-refractivity contribution in [2.75, 3.05) is 43.9 Å². The first kappa shape index (κ1) is 25.5. The number of hydrogen-bond acceptors (Lipinski definition) is 6. The van der Waals surface area contributed by atoms with Gasteiger partial charge in [0.2, 0.25) is 5.91 Å². The first-order valence-electron chi connectivity index (χ1n) is 11.5. The Bertz CT molecular complexity index is 1260. The summed E-state index contributed by atoms with van der Waals surface area (Å²) in [6.07, 6.45) is 2.75. The van der Waals surface area contributed by atoms with Crippen LogP contribution in [0.4, 0.5) is 21.6 Å². The van der Waals surface area contributed by atoms with Gasteiger partial charge in [-0.25, -0.2) is 14.4 Å². The number of amides is 1. The molecule has 9 heteroatoms. The van der Waals surface area contributed by atoms with E-state index in [4.69, 9.17) is 0 Å². The SMILES string of the molecule is C=CC(=O)Nc1cc2ncnc(Nc3ccc(F)c(CI)c3)c2cc1C(C)(C)N1CCN(C)CC1. The fraction of sp³-hybridized carbons (Fsp3) is 0.346. The molecule has 4 rings (SSSR count). The van der Waals surface area contributed by atoms with Gasteiger partial charge in [-0.1, -0.05) is 29.2 Å². The Morgan fingerprint density at radius 2 is 1.94 bits per heavy atom. The minimum absolute atomic E-state index is 0.226. The molecular weight excluding hydrogens is 558 g/mol. The summed E-state index contributed by atoms with van der Waals surface area (Å²) in [6, 6.07) is 8.90. The Kier molecular flexibility index (Phi) is 7.67. The monoisotopic (exact) mass is 588 g/mol. The number of rotatable bonds is 7. The lowest BCUT2D eigenvalue weighted by molar-refractivity contribution is -0.111. The number of benzene rings is 2. The largest absolute Gasteiger partial charge is 0.340 e. The van der Waals surface area contributed by atoms with Crippen molar-refractivity contribution in [1.82, 2.24) is 19.8 Å². The van der Waals surface area contributed by atoms with E-state index in [0.717, 1.165) is 42.8 Å². The molecule has 0 saturated carbocycles. The highest BCUT2D eigenvalue weighted by Gasteiger charge is 2.33. The maximum atomic E-state index is 14.0. The number of likely N-dealkylation sites (N-methyl/N-ethyl adjacent to an activating group) is 1. The van der Waals surface area contributed by atoms with Crippen LogP contribution in [0.15, 0.2) is 49.3 Å². The van der Waals surface area contributed by atoms with Gasteiger partial charge in [-0.2, -0.15) is 0 Å². The van der Waals surface area contributed by atoms with Gasteiger partial charge >= 0.3 is 0 Å². The average molecular weight is 588 g/mol. The van der Waals surface area contributed by atoms with Crippen LogP contribution in [0.1, 0.15) is 25.0 Å². The molecule has 3 aromatic rings. The Morgan fingerprint density at radius 3 is 2.63 bits per heavy atom. The van der Waals surface area contributed by atoms with E-state index < -0.39 is 0 Å². The molecule has 1 fully saturated rings. The highest BCUT2D eigenvalue weighted by molar-refractivity contribution is 14.1. The van der Waals surface area contributed by atoms with Gasteiger partial charge in [-0.15, -0.1) is 0 Å². The summed E-state index contributed by atoms with van der Waals surface area (Å²) >= 11 is 2.15. The van der Waals surface area contributed by atoms with E-state index in [9.17, 15) is 9.18 Å². The van der Waals surface area contributed by atoms with Gasteiger partial charge < -0.3 is 15.5 Å². The zero-order valence-corrected chi connectivity index (χ0v) is 22.4. The third kappa shape index (κ3) is 5.46. The van der Waals surface area contributed by atoms with Crippen LogP contribution in [0.3, 0.4) is 0 Å². The van der Waals surface area contributed by atoms with Crippen LogP contribution in [0.2, 0.25) is 0 Å². The molecule has 184 valence electrons. The number of nitrogens with one attached hydrogen (secondary N) is 2. The predicted molar refractivity (Wildman–Crippen MR) is 148 cm³/mol. The van der Waals surface area contributed by atoms with Gasteiger partial charge in [0.15, 0.2) is 0 Å². The van der Waals surface area contributed by atoms with Crippen LogP contribution in [0.5, 0.6) is 0 Å². The van der Waals surface area contributed by atoms with Crippen LogP contribution in [-0.2, 0) is 14.8 Å². The van der Waals surface area contributed by atoms with Crippen molar-refractivity contribution in [3.8, 4) is 0 Å². The van der Waals surface area contributed by atoms with Crippen LogP contribution in [0, 0.1) is 5.82 Å². The molecule has 0 unspecified atom stereocenters. The number of nitrogens with zero attached hydrogens (tertiary/aromatic N) is 4. The number of hydrogen-bond donors (Lipinski definition) is 2. The Labute approximate surface area is 219 Å². The molecule has 2 N–H and O–H groups in total. The Hall–Kier alpha value is -2.63. The fourth-order valence-electron chi connectivity index (χ4n) is 4.42. The summed E-state index contributed by atoms with van der Waals surface area (Å²) in [5.41, 5.74) is 3.37. The second-order valence-corrected chi connectivity index (χ2v) is 10.0. The van der Waals surface area contributed by atoms with Crippen molar-refractivity contribution in [3.63, 3.8) is 0 Å². The van der Waals surface area contributed by atoms with Crippen molar-refractivity contribution in [2.24, 2.45) is 0 Å². The van der Waals surface area contributed by atoms with Crippen molar-refractivity contribution in [3.05, 3.63) is 66.3 Å². The van der Waals surface area contributed by atoms with Gasteiger partial charge in [0.25, 0.3) is 0 Å². The lowest BCUT2D eigenvalue weighted by Gasteiger charge is -2.44. The third-order valence-electron chi connectivity index (χ3n) is 6.62. The summed E-state index contributed by atoms with van der Waals surface area (Å²) in [4.78, 5) is 26.0. The van der Waals surface area contributed by atoms with Crippen molar-refractivity contribution >= 4 is 56.6 Å². The van der Waals surface area contributed by atoms with Gasteiger partial charge in [0.1, 0.15) is 18.0 Å². The molecule has 2 heterocycles. The second-order valence-electron chi connectivity index (χ2n) is 9.24. The topological polar surface area (TPSA) is 73.4 Å². The van der Waals surface area contributed by atoms with Crippen molar-refractivity contribution < 1.29 is 9.18 Å². The highest BCUT2D eigenvalue weighted by atomic mass is 127. The van der Waals surface area contributed by atoms with Gasteiger partial charge in [-0.05, 0) is 68.4 Å². The number of alkyl halides is 1. The molecule has 0 aliphatic carbocycles. The van der Waals surface area contributed by atoms with Crippen molar-refractivity contribution in [2.45, 2.75) is 23.8 Å². The molecule has 0 bridgehead atoms. The van der Waals surface area contributed by atoms with E-state index in [1.807, 2.05) is 6.07 Å². The molecule has 7 nitrogen and oxygen atoms in total. The highest BCUT2D eigenvalue weighted by Crippen LogP contribution is 2.38. The number of fused-ring (bicyclic) bond motifs is 1. The number of aromatic nitrogens is 2.